The average molecular weight is 375 g/mol. The summed E-state index contributed by atoms with van der Waals surface area (Å²) < 4.78 is 13.5. The highest BCUT2D eigenvalue weighted by atomic mass is 31.2. The van der Waals surface area contributed by atoms with Crippen LogP contribution in [0.1, 0.15) is 130 Å². The van der Waals surface area contributed by atoms with Gasteiger partial charge in [0.05, 0.1) is 0 Å². The van der Waals surface area contributed by atoms with Crippen LogP contribution >= 0.6 is 7.37 Å². The molecule has 25 heavy (non-hydrogen) atoms. The molecule has 0 aliphatic rings. The van der Waals surface area contributed by atoms with Crippen LogP contribution < -0.4 is 0 Å². The van der Waals surface area contributed by atoms with E-state index in [0.29, 0.717) is 0 Å². The molecule has 0 aromatic heterocycles. The third kappa shape index (κ3) is 11.5. The Hall–Kier alpha value is 0.190. The Balaban J connectivity index is 4.87. The smallest absolute Gasteiger partial charge is 0.206 e. The van der Waals surface area contributed by atoms with Crippen molar-refractivity contribution in [1.82, 2.24) is 0 Å². The fourth-order valence-corrected chi connectivity index (χ4v) is 6.63. The number of hydrogen-bond donors (Lipinski definition) is 1. The number of hydrogen-bond acceptors (Lipinski definition) is 1. The molecule has 1 N–H and O–H groups in total. The topological polar surface area (TPSA) is 37.3 Å². The van der Waals surface area contributed by atoms with Gasteiger partial charge in [0.2, 0.25) is 7.37 Å². The largest absolute Gasteiger partial charge is 0.344 e. The Morgan fingerprint density at radius 1 is 0.560 bits per heavy atom. The standard InChI is InChI=1S/C22H47O2P/c1-5-9-13-15-19-21(17-11-7-3)25(23,24)22(18-12-8-4)20-16-14-10-6-2/h21-22H,5-20H2,1-4H3,(H,23,24). The van der Waals surface area contributed by atoms with Gasteiger partial charge in [-0.1, -0.05) is 105 Å². The zero-order chi connectivity index (χ0) is 19.0. The van der Waals surface area contributed by atoms with Crippen molar-refractivity contribution in [3.8, 4) is 0 Å². The van der Waals surface area contributed by atoms with Crippen LogP contribution in [-0.4, -0.2) is 16.2 Å². The van der Waals surface area contributed by atoms with Gasteiger partial charge in [0.25, 0.3) is 0 Å². The Labute approximate surface area is 159 Å². The second-order valence-electron chi connectivity index (χ2n) is 7.96. The van der Waals surface area contributed by atoms with Crippen molar-refractivity contribution in [2.24, 2.45) is 0 Å². The second-order valence-corrected chi connectivity index (χ2v) is 10.8. The van der Waals surface area contributed by atoms with Crippen LogP contribution in [0.25, 0.3) is 0 Å². The third-order valence-electron chi connectivity index (χ3n) is 5.61. The maximum absolute atomic E-state index is 13.5. The van der Waals surface area contributed by atoms with Gasteiger partial charge in [-0.3, -0.25) is 4.57 Å². The lowest BCUT2D eigenvalue weighted by molar-refractivity contribution is 0.413. The van der Waals surface area contributed by atoms with Gasteiger partial charge < -0.3 is 4.89 Å². The summed E-state index contributed by atoms with van der Waals surface area (Å²) in [6, 6.07) is 0. The van der Waals surface area contributed by atoms with Gasteiger partial charge in [-0.25, -0.2) is 0 Å². The van der Waals surface area contributed by atoms with E-state index >= 15 is 0 Å². The molecule has 2 atom stereocenters. The van der Waals surface area contributed by atoms with E-state index in [2.05, 4.69) is 27.7 Å². The SMILES string of the molecule is CCCCCCC(CCCC)P(=O)(O)C(CCCC)CCCCCC. The molecule has 0 radical (unpaired) electrons. The zero-order valence-corrected chi connectivity index (χ0v) is 18.7. The summed E-state index contributed by atoms with van der Waals surface area (Å²) in [6.07, 6.45) is 17.9. The van der Waals surface area contributed by atoms with Crippen LogP contribution in [0.4, 0.5) is 0 Å². The fraction of sp³-hybridized carbons (Fsp3) is 1.00. The van der Waals surface area contributed by atoms with Crippen molar-refractivity contribution in [3.63, 3.8) is 0 Å². The van der Waals surface area contributed by atoms with Crippen LogP contribution in [0.3, 0.4) is 0 Å². The van der Waals surface area contributed by atoms with Gasteiger partial charge in [0.15, 0.2) is 0 Å². The molecule has 0 spiro atoms. The first kappa shape index (κ1) is 25.2. The fourth-order valence-electron chi connectivity index (χ4n) is 3.82. The summed E-state index contributed by atoms with van der Waals surface area (Å²) in [7, 11) is -3.07. The summed E-state index contributed by atoms with van der Waals surface area (Å²) in [5.74, 6) is 0. The van der Waals surface area contributed by atoms with Crippen molar-refractivity contribution in [1.29, 1.82) is 0 Å². The highest BCUT2D eigenvalue weighted by molar-refractivity contribution is 7.59. The molecule has 0 saturated carbocycles. The van der Waals surface area contributed by atoms with Crippen molar-refractivity contribution in [2.75, 3.05) is 0 Å². The molecule has 2 nitrogen and oxygen atoms in total. The lowest BCUT2D eigenvalue weighted by Crippen LogP contribution is -2.20. The highest BCUT2D eigenvalue weighted by Gasteiger charge is 2.37. The van der Waals surface area contributed by atoms with Crippen molar-refractivity contribution < 1.29 is 9.46 Å². The molecule has 0 aliphatic heterocycles. The molecule has 0 amide bonds. The summed E-state index contributed by atoms with van der Waals surface area (Å²) in [5, 5.41) is 0. The lowest BCUT2D eigenvalue weighted by Gasteiger charge is -2.30. The number of rotatable bonds is 18. The minimum atomic E-state index is -3.07. The zero-order valence-electron chi connectivity index (χ0n) is 17.8. The lowest BCUT2D eigenvalue weighted by atomic mass is 10.1. The summed E-state index contributed by atoms with van der Waals surface area (Å²) in [6.45, 7) is 8.83. The van der Waals surface area contributed by atoms with Gasteiger partial charge in [-0.2, -0.15) is 0 Å². The normalized spacial score (nSPS) is 16.5. The second kappa shape index (κ2) is 16.4. The van der Waals surface area contributed by atoms with E-state index in [4.69, 9.17) is 0 Å². The Kier molecular flexibility index (Phi) is 16.5. The van der Waals surface area contributed by atoms with Gasteiger partial charge >= 0.3 is 0 Å². The van der Waals surface area contributed by atoms with E-state index in [1.54, 1.807) is 0 Å². The van der Waals surface area contributed by atoms with Gasteiger partial charge in [0.1, 0.15) is 0 Å². The molecular weight excluding hydrogens is 327 g/mol. The van der Waals surface area contributed by atoms with Crippen LogP contribution in [0.2, 0.25) is 0 Å². The van der Waals surface area contributed by atoms with Crippen molar-refractivity contribution in [2.45, 2.75) is 142 Å². The Morgan fingerprint density at radius 3 is 1.20 bits per heavy atom. The first-order valence-corrected chi connectivity index (χ1v) is 13.2. The molecule has 0 bridgehead atoms. The molecule has 0 aromatic carbocycles. The monoisotopic (exact) mass is 374 g/mol. The van der Waals surface area contributed by atoms with Gasteiger partial charge in [-0.15, -0.1) is 0 Å². The first-order valence-electron chi connectivity index (χ1n) is 11.4. The maximum atomic E-state index is 13.5. The molecule has 0 heterocycles. The van der Waals surface area contributed by atoms with E-state index in [0.717, 1.165) is 64.2 Å². The van der Waals surface area contributed by atoms with Gasteiger partial charge in [0, 0.05) is 11.3 Å². The third-order valence-corrected chi connectivity index (χ3v) is 8.74. The van der Waals surface area contributed by atoms with Crippen molar-refractivity contribution >= 4 is 7.37 Å². The van der Waals surface area contributed by atoms with E-state index in [1.807, 2.05) is 0 Å². The summed E-state index contributed by atoms with van der Waals surface area (Å²) >= 11 is 0. The van der Waals surface area contributed by atoms with Crippen LogP contribution in [0.15, 0.2) is 0 Å². The molecule has 0 fully saturated rings. The Bertz CT molecular complexity index is 302. The van der Waals surface area contributed by atoms with Crippen LogP contribution in [0, 0.1) is 0 Å². The van der Waals surface area contributed by atoms with E-state index < -0.39 is 7.37 Å². The number of unbranched alkanes of at least 4 members (excludes halogenated alkanes) is 8. The molecule has 152 valence electrons. The van der Waals surface area contributed by atoms with E-state index in [-0.39, 0.29) is 11.3 Å². The van der Waals surface area contributed by atoms with Crippen molar-refractivity contribution in [3.05, 3.63) is 0 Å². The van der Waals surface area contributed by atoms with E-state index in [9.17, 15) is 9.46 Å². The Morgan fingerprint density at radius 2 is 0.880 bits per heavy atom. The molecule has 3 heteroatoms. The van der Waals surface area contributed by atoms with Gasteiger partial charge in [-0.05, 0) is 25.7 Å². The minimum Gasteiger partial charge on any atom is -0.344 e. The molecule has 0 aromatic rings. The average Bonchev–Trinajstić information content (AvgIpc) is 2.60. The molecular formula is C22H47O2P. The van der Waals surface area contributed by atoms with E-state index in [1.165, 1.54) is 38.5 Å². The summed E-state index contributed by atoms with van der Waals surface area (Å²) in [5.41, 5.74) is 0.106. The first-order chi connectivity index (χ1) is 12.0. The predicted molar refractivity (Wildman–Crippen MR) is 114 cm³/mol. The quantitative estimate of drug-likeness (QED) is 0.193. The minimum absolute atomic E-state index is 0.0531. The molecule has 0 rings (SSSR count). The maximum Gasteiger partial charge on any atom is 0.206 e. The van der Waals surface area contributed by atoms with Crippen LogP contribution in [0.5, 0.6) is 0 Å². The molecule has 0 aliphatic carbocycles. The highest BCUT2D eigenvalue weighted by Crippen LogP contribution is 2.57. The summed E-state index contributed by atoms with van der Waals surface area (Å²) in [4.78, 5) is 11.2. The predicted octanol–water partition coefficient (Wildman–Crippen LogP) is 8.32. The molecule has 0 saturated heterocycles. The van der Waals surface area contributed by atoms with Crippen LogP contribution in [-0.2, 0) is 4.57 Å². The molecule has 2 unspecified atom stereocenters.